The van der Waals surface area contributed by atoms with Crippen LogP contribution in [0.5, 0.6) is 23.0 Å². The molecule has 0 aromatic heterocycles. The van der Waals surface area contributed by atoms with E-state index in [0.29, 0.717) is 28.4 Å². The van der Waals surface area contributed by atoms with Gasteiger partial charge in [0.1, 0.15) is 6.61 Å². The zero-order chi connectivity index (χ0) is 17.8. The number of esters is 1. The maximum atomic E-state index is 12.4. The summed E-state index contributed by atoms with van der Waals surface area (Å²) in [5.74, 6) is 1.30. The number of hydrogen-bond acceptors (Lipinski definition) is 6. The van der Waals surface area contributed by atoms with E-state index in [4.69, 9.17) is 18.9 Å². The highest BCUT2D eigenvalue weighted by Crippen LogP contribution is 2.44. The number of methoxy groups -OCH3 is 1. The van der Waals surface area contributed by atoms with E-state index in [1.165, 1.54) is 7.11 Å². The van der Waals surface area contributed by atoms with E-state index in [9.17, 15) is 9.90 Å². The van der Waals surface area contributed by atoms with Crippen LogP contribution in [0.1, 0.15) is 15.9 Å². The number of fused-ring (bicyclic) bond motifs is 3. The van der Waals surface area contributed by atoms with Crippen molar-refractivity contribution in [2.24, 2.45) is 0 Å². The van der Waals surface area contributed by atoms with Crippen LogP contribution < -0.4 is 14.2 Å². The predicted molar refractivity (Wildman–Crippen MR) is 92.8 cm³/mol. The fraction of sp³-hybridized carbons (Fsp3) is 0.150. The molecule has 0 bridgehead atoms. The van der Waals surface area contributed by atoms with Crippen LogP contribution in [0.3, 0.4) is 0 Å². The normalized spacial score (nSPS) is 14.4. The number of carbonyl (C=O) groups is 1. The number of phenolic OH excluding ortho intramolecular Hbond substituents is 1. The van der Waals surface area contributed by atoms with Crippen LogP contribution in [0.15, 0.2) is 36.4 Å². The number of benzene rings is 3. The Kier molecular flexibility index (Phi) is 3.03. The Labute approximate surface area is 148 Å². The summed E-state index contributed by atoms with van der Waals surface area (Å²) >= 11 is 0. The second-order valence-corrected chi connectivity index (χ2v) is 6.18. The Morgan fingerprint density at radius 1 is 1.00 bits per heavy atom. The van der Waals surface area contributed by atoms with E-state index in [1.54, 1.807) is 12.1 Å². The maximum Gasteiger partial charge on any atom is 0.339 e. The van der Waals surface area contributed by atoms with Gasteiger partial charge in [-0.25, -0.2) is 4.79 Å². The molecule has 0 saturated carbocycles. The first-order chi connectivity index (χ1) is 12.7. The summed E-state index contributed by atoms with van der Waals surface area (Å²) in [7, 11) is 1.50. The van der Waals surface area contributed by atoms with Crippen LogP contribution in [-0.4, -0.2) is 25.0 Å². The summed E-state index contributed by atoms with van der Waals surface area (Å²) < 4.78 is 21.3. The number of ether oxygens (including phenoxy) is 4. The summed E-state index contributed by atoms with van der Waals surface area (Å²) in [6.07, 6.45) is 0. The highest BCUT2D eigenvalue weighted by Gasteiger charge is 2.29. The molecule has 6 nitrogen and oxygen atoms in total. The van der Waals surface area contributed by atoms with E-state index in [-0.39, 0.29) is 25.1 Å². The van der Waals surface area contributed by atoms with Crippen molar-refractivity contribution >= 4 is 16.7 Å². The van der Waals surface area contributed by atoms with Crippen LogP contribution in [0, 0.1) is 0 Å². The minimum absolute atomic E-state index is 0.00769. The molecule has 130 valence electrons. The molecule has 0 radical (unpaired) electrons. The first kappa shape index (κ1) is 14.9. The van der Waals surface area contributed by atoms with Crippen LogP contribution in [0.4, 0.5) is 0 Å². The van der Waals surface area contributed by atoms with Crippen molar-refractivity contribution in [3.8, 4) is 34.1 Å². The first-order valence-electron chi connectivity index (χ1n) is 8.09. The number of rotatable bonds is 2. The zero-order valence-electron chi connectivity index (χ0n) is 13.9. The predicted octanol–water partition coefficient (Wildman–Crippen LogP) is 3.62. The summed E-state index contributed by atoms with van der Waals surface area (Å²) in [5.41, 5.74) is 2.82. The van der Waals surface area contributed by atoms with Gasteiger partial charge in [-0.05, 0) is 46.7 Å². The quantitative estimate of drug-likeness (QED) is 0.712. The Morgan fingerprint density at radius 2 is 1.85 bits per heavy atom. The largest absolute Gasteiger partial charge is 0.504 e. The highest BCUT2D eigenvalue weighted by molar-refractivity contribution is 6.11. The van der Waals surface area contributed by atoms with Crippen LogP contribution >= 0.6 is 0 Å². The van der Waals surface area contributed by atoms with Gasteiger partial charge in [-0.1, -0.05) is 6.07 Å². The van der Waals surface area contributed by atoms with Gasteiger partial charge in [-0.3, -0.25) is 0 Å². The van der Waals surface area contributed by atoms with E-state index in [0.717, 1.165) is 21.9 Å². The minimum atomic E-state index is -0.370. The summed E-state index contributed by atoms with van der Waals surface area (Å²) in [6.45, 7) is 0.400. The Hall–Kier alpha value is -3.41. The van der Waals surface area contributed by atoms with Crippen molar-refractivity contribution in [2.75, 3.05) is 13.9 Å². The first-order valence-corrected chi connectivity index (χ1v) is 8.09. The molecule has 3 aromatic carbocycles. The Morgan fingerprint density at radius 3 is 2.69 bits per heavy atom. The maximum absolute atomic E-state index is 12.4. The zero-order valence-corrected chi connectivity index (χ0v) is 13.9. The number of cyclic esters (lactones) is 1. The molecule has 5 rings (SSSR count). The Balaban J connectivity index is 1.86. The van der Waals surface area contributed by atoms with Crippen molar-refractivity contribution < 1.29 is 28.8 Å². The molecular weight excluding hydrogens is 336 g/mol. The fourth-order valence-corrected chi connectivity index (χ4v) is 3.55. The third-order valence-corrected chi connectivity index (χ3v) is 4.75. The lowest BCUT2D eigenvalue weighted by atomic mass is 9.90. The summed E-state index contributed by atoms with van der Waals surface area (Å²) in [4.78, 5) is 12.4. The van der Waals surface area contributed by atoms with Gasteiger partial charge in [0.05, 0.1) is 12.7 Å². The van der Waals surface area contributed by atoms with Gasteiger partial charge in [0.15, 0.2) is 23.0 Å². The lowest BCUT2D eigenvalue weighted by Gasteiger charge is -2.14. The van der Waals surface area contributed by atoms with Crippen molar-refractivity contribution in [3.05, 3.63) is 47.5 Å². The Bertz CT molecular complexity index is 1090. The fourth-order valence-electron chi connectivity index (χ4n) is 3.55. The minimum Gasteiger partial charge on any atom is -0.504 e. The number of aromatic hydroxyl groups is 1. The molecule has 0 atom stereocenters. The smallest absolute Gasteiger partial charge is 0.339 e. The molecule has 0 amide bonds. The van der Waals surface area contributed by atoms with Crippen molar-refractivity contribution in [1.29, 1.82) is 0 Å². The number of hydrogen-bond donors (Lipinski definition) is 1. The van der Waals surface area contributed by atoms with Crippen LogP contribution in [0.2, 0.25) is 0 Å². The van der Waals surface area contributed by atoms with Crippen LogP contribution in [0.25, 0.3) is 21.9 Å². The van der Waals surface area contributed by atoms with Gasteiger partial charge in [0, 0.05) is 11.1 Å². The summed E-state index contributed by atoms with van der Waals surface area (Å²) in [6, 6.07) is 10.8. The lowest BCUT2D eigenvalue weighted by Crippen LogP contribution is -1.99. The van der Waals surface area contributed by atoms with Gasteiger partial charge in [-0.15, -0.1) is 0 Å². The average molecular weight is 350 g/mol. The molecular formula is C20H14O6. The van der Waals surface area contributed by atoms with E-state index in [1.807, 2.05) is 24.3 Å². The molecule has 0 aliphatic carbocycles. The van der Waals surface area contributed by atoms with Gasteiger partial charge >= 0.3 is 5.97 Å². The highest BCUT2D eigenvalue weighted by atomic mass is 16.7. The molecule has 0 fully saturated rings. The molecule has 6 heteroatoms. The topological polar surface area (TPSA) is 74.2 Å². The van der Waals surface area contributed by atoms with Gasteiger partial charge in [-0.2, -0.15) is 0 Å². The molecule has 2 aliphatic rings. The molecule has 1 N–H and O–H groups in total. The second kappa shape index (κ2) is 5.29. The van der Waals surface area contributed by atoms with Gasteiger partial charge in [0.2, 0.25) is 6.79 Å². The standard InChI is InChI=1S/C20H14O6/c1-23-16-6-11-4-12-8-24-20(22)19(12)18(13(11)7-14(16)21)10-2-3-15-17(5-10)26-9-25-15/h2-7,21H,8-9H2,1H3. The molecule has 0 spiro atoms. The molecule has 0 saturated heterocycles. The second-order valence-electron chi connectivity index (χ2n) is 6.18. The van der Waals surface area contributed by atoms with Crippen molar-refractivity contribution in [2.45, 2.75) is 6.61 Å². The summed E-state index contributed by atoms with van der Waals surface area (Å²) in [5, 5.41) is 11.9. The van der Waals surface area contributed by atoms with Gasteiger partial charge in [0.25, 0.3) is 0 Å². The molecule has 2 heterocycles. The lowest BCUT2D eigenvalue weighted by molar-refractivity contribution is 0.0535. The molecule has 2 aliphatic heterocycles. The SMILES string of the molecule is COc1cc2cc3c(c(-c4ccc5c(c4)OCO5)c2cc1O)C(=O)OC3. The van der Waals surface area contributed by atoms with Gasteiger partial charge < -0.3 is 24.1 Å². The number of phenols is 1. The third kappa shape index (κ3) is 2.02. The van der Waals surface area contributed by atoms with E-state index >= 15 is 0 Å². The van der Waals surface area contributed by atoms with Crippen molar-refractivity contribution in [3.63, 3.8) is 0 Å². The average Bonchev–Trinajstić information content (AvgIpc) is 3.26. The monoisotopic (exact) mass is 350 g/mol. The molecule has 0 unspecified atom stereocenters. The van der Waals surface area contributed by atoms with E-state index < -0.39 is 0 Å². The molecule has 3 aromatic rings. The molecule has 26 heavy (non-hydrogen) atoms. The number of carbonyl (C=O) groups excluding carboxylic acids is 1. The third-order valence-electron chi connectivity index (χ3n) is 4.75. The van der Waals surface area contributed by atoms with Crippen molar-refractivity contribution in [1.82, 2.24) is 0 Å². The van der Waals surface area contributed by atoms with Crippen LogP contribution in [-0.2, 0) is 11.3 Å². The van der Waals surface area contributed by atoms with E-state index in [2.05, 4.69) is 0 Å².